The van der Waals surface area contributed by atoms with E-state index in [4.69, 9.17) is 10.5 Å². The molecule has 0 fully saturated rings. The molecule has 2 heterocycles. The fraction of sp³-hybridized carbons (Fsp3) is 0.353. The Labute approximate surface area is 139 Å². The Balaban J connectivity index is 1.53. The van der Waals surface area contributed by atoms with Crippen LogP contribution in [0, 0.1) is 5.92 Å². The maximum Gasteiger partial charge on any atom is 0.280 e. The van der Waals surface area contributed by atoms with Gasteiger partial charge in [-0.3, -0.25) is 9.78 Å². The van der Waals surface area contributed by atoms with Gasteiger partial charge in [0.25, 0.3) is 5.56 Å². The van der Waals surface area contributed by atoms with E-state index in [9.17, 15) is 4.79 Å². The topological polar surface area (TPSA) is 98.8 Å². The molecule has 0 aliphatic heterocycles. The van der Waals surface area contributed by atoms with Crippen molar-refractivity contribution >= 4 is 17.1 Å². The molecule has 126 valence electrons. The Morgan fingerprint density at radius 2 is 2.12 bits per heavy atom. The van der Waals surface area contributed by atoms with Crippen LogP contribution in [0.3, 0.4) is 0 Å². The standard InChI is InChI=1S/C17H21N5O2/c1-12(9-24-10-13-5-3-2-4-6-13)7-8-22-11-19-14-15(22)20-17(18)21-16(14)23/h2-6,11-12H,7-10H2,1H3,(H3,18,20,21,23)/t12-/m0/s1. The quantitative estimate of drug-likeness (QED) is 0.691. The number of imidazole rings is 1. The van der Waals surface area contributed by atoms with Gasteiger partial charge in [-0.25, -0.2) is 4.98 Å². The van der Waals surface area contributed by atoms with Crippen LogP contribution in [-0.2, 0) is 17.9 Å². The zero-order valence-corrected chi connectivity index (χ0v) is 13.6. The van der Waals surface area contributed by atoms with E-state index >= 15 is 0 Å². The Morgan fingerprint density at radius 1 is 1.33 bits per heavy atom. The van der Waals surface area contributed by atoms with Crippen LogP contribution in [0.4, 0.5) is 5.95 Å². The first-order chi connectivity index (χ1) is 11.6. The van der Waals surface area contributed by atoms with E-state index in [2.05, 4.69) is 34.0 Å². The van der Waals surface area contributed by atoms with Gasteiger partial charge in [0.05, 0.1) is 12.9 Å². The number of benzene rings is 1. The SMILES string of the molecule is C[C@@H](CCn1cnc2c(=O)[nH]c(N)nc21)COCc1ccccc1. The predicted octanol–water partition coefficient (Wildman–Crippen LogP) is 1.94. The lowest BCUT2D eigenvalue weighted by molar-refractivity contribution is 0.0882. The molecule has 0 radical (unpaired) electrons. The Kier molecular flexibility index (Phi) is 4.90. The van der Waals surface area contributed by atoms with Gasteiger partial charge in [-0.2, -0.15) is 4.98 Å². The molecule has 0 aliphatic carbocycles. The van der Waals surface area contributed by atoms with Crippen LogP contribution >= 0.6 is 0 Å². The van der Waals surface area contributed by atoms with Crippen LogP contribution in [0.15, 0.2) is 41.5 Å². The van der Waals surface area contributed by atoms with Crippen LogP contribution in [0.2, 0.25) is 0 Å². The van der Waals surface area contributed by atoms with Crippen molar-refractivity contribution in [3.8, 4) is 0 Å². The Hall–Kier alpha value is -2.67. The highest BCUT2D eigenvalue weighted by Crippen LogP contribution is 2.11. The van der Waals surface area contributed by atoms with Crippen molar-refractivity contribution in [3.05, 3.63) is 52.6 Å². The number of aromatic nitrogens is 4. The molecule has 3 N–H and O–H groups in total. The number of H-pyrrole nitrogens is 1. The summed E-state index contributed by atoms with van der Waals surface area (Å²) < 4.78 is 7.62. The second-order valence-electron chi connectivity index (χ2n) is 5.96. The third kappa shape index (κ3) is 3.80. The van der Waals surface area contributed by atoms with Crippen molar-refractivity contribution in [2.45, 2.75) is 26.5 Å². The molecule has 7 nitrogen and oxygen atoms in total. The molecule has 7 heteroatoms. The molecule has 0 bridgehead atoms. The molecule has 1 atom stereocenters. The molecule has 0 aliphatic rings. The number of aromatic amines is 1. The van der Waals surface area contributed by atoms with Crippen LogP contribution < -0.4 is 11.3 Å². The molecule has 0 spiro atoms. The van der Waals surface area contributed by atoms with E-state index < -0.39 is 0 Å². The van der Waals surface area contributed by atoms with Gasteiger partial charge in [0.15, 0.2) is 11.2 Å². The number of aryl methyl sites for hydroxylation is 1. The molecular formula is C17H21N5O2. The van der Waals surface area contributed by atoms with Crippen molar-refractivity contribution in [1.29, 1.82) is 0 Å². The van der Waals surface area contributed by atoms with E-state index in [1.165, 1.54) is 5.56 Å². The van der Waals surface area contributed by atoms with Gasteiger partial charge >= 0.3 is 0 Å². The smallest absolute Gasteiger partial charge is 0.280 e. The largest absolute Gasteiger partial charge is 0.376 e. The summed E-state index contributed by atoms with van der Waals surface area (Å²) in [5.41, 5.74) is 7.30. The summed E-state index contributed by atoms with van der Waals surface area (Å²) in [6.07, 6.45) is 2.53. The van der Waals surface area contributed by atoms with Crippen molar-refractivity contribution in [3.63, 3.8) is 0 Å². The highest BCUT2D eigenvalue weighted by molar-refractivity contribution is 5.70. The fourth-order valence-corrected chi connectivity index (χ4v) is 2.53. The summed E-state index contributed by atoms with van der Waals surface area (Å²) >= 11 is 0. The lowest BCUT2D eigenvalue weighted by atomic mass is 10.1. The van der Waals surface area contributed by atoms with Crippen LogP contribution in [-0.4, -0.2) is 26.1 Å². The number of anilines is 1. The number of nitrogens with two attached hydrogens (primary N) is 1. The average Bonchev–Trinajstić information content (AvgIpc) is 2.97. The maximum absolute atomic E-state index is 11.8. The maximum atomic E-state index is 11.8. The normalized spacial score (nSPS) is 12.5. The van der Waals surface area contributed by atoms with Crippen molar-refractivity contribution in [2.75, 3.05) is 12.3 Å². The van der Waals surface area contributed by atoms with Gasteiger partial charge in [-0.05, 0) is 17.9 Å². The van der Waals surface area contributed by atoms with E-state index in [1.54, 1.807) is 6.33 Å². The number of ether oxygens (including phenoxy) is 1. The monoisotopic (exact) mass is 327 g/mol. The van der Waals surface area contributed by atoms with Crippen LogP contribution in [0.5, 0.6) is 0 Å². The van der Waals surface area contributed by atoms with Gasteiger partial charge in [0.1, 0.15) is 0 Å². The lowest BCUT2D eigenvalue weighted by Crippen LogP contribution is -2.13. The minimum atomic E-state index is -0.310. The highest BCUT2D eigenvalue weighted by Gasteiger charge is 2.10. The number of nitrogens with one attached hydrogen (secondary N) is 1. The summed E-state index contributed by atoms with van der Waals surface area (Å²) in [6.45, 7) is 4.14. The van der Waals surface area contributed by atoms with Crippen LogP contribution in [0.25, 0.3) is 11.2 Å². The first-order valence-electron chi connectivity index (χ1n) is 7.96. The molecule has 3 aromatic rings. The number of hydrogen-bond donors (Lipinski definition) is 2. The number of rotatable bonds is 7. The average molecular weight is 327 g/mol. The first-order valence-corrected chi connectivity index (χ1v) is 7.96. The number of nitrogens with zero attached hydrogens (tertiary/aromatic N) is 3. The van der Waals surface area contributed by atoms with Crippen molar-refractivity contribution in [1.82, 2.24) is 19.5 Å². The molecule has 0 saturated heterocycles. The van der Waals surface area contributed by atoms with Gasteiger partial charge in [0.2, 0.25) is 5.95 Å². The Morgan fingerprint density at radius 3 is 2.92 bits per heavy atom. The third-order valence-corrected chi connectivity index (χ3v) is 3.87. The molecule has 0 amide bonds. The zero-order chi connectivity index (χ0) is 16.9. The summed E-state index contributed by atoms with van der Waals surface area (Å²) in [7, 11) is 0. The van der Waals surface area contributed by atoms with E-state index in [1.807, 2.05) is 22.8 Å². The molecule has 0 unspecified atom stereocenters. The minimum absolute atomic E-state index is 0.105. The van der Waals surface area contributed by atoms with Gasteiger partial charge in [-0.15, -0.1) is 0 Å². The lowest BCUT2D eigenvalue weighted by Gasteiger charge is -2.12. The summed E-state index contributed by atoms with van der Waals surface area (Å²) in [5, 5.41) is 0. The number of nitrogen functional groups attached to an aromatic ring is 1. The van der Waals surface area contributed by atoms with Gasteiger partial charge in [0, 0.05) is 13.2 Å². The number of fused-ring (bicyclic) bond motifs is 1. The number of hydrogen-bond acceptors (Lipinski definition) is 5. The molecule has 2 aromatic heterocycles. The van der Waals surface area contributed by atoms with E-state index in [0.717, 1.165) is 6.42 Å². The van der Waals surface area contributed by atoms with Gasteiger partial charge in [-0.1, -0.05) is 37.3 Å². The Bertz CT molecular complexity index is 856. The zero-order valence-electron chi connectivity index (χ0n) is 13.6. The molecule has 3 rings (SSSR count). The minimum Gasteiger partial charge on any atom is -0.376 e. The summed E-state index contributed by atoms with van der Waals surface area (Å²) in [4.78, 5) is 22.5. The fourth-order valence-electron chi connectivity index (χ4n) is 2.53. The summed E-state index contributed by atoms with van der Waals surface area (Å²) in [6, 6.07) is 10.1. The third-order valence-electron chi connectivity index (χ3n) is 3.87. The molecule has 24 heavy (non-hydrogen) atoms. The van der Waals surface area contributed by atoms with Crippen molar-refractivity contribution < 1.29 is 4.74 Å². The highest BCUT2D eigenvalue weighted by atomic mass is 16.5. The predicted molar refractivity (Wildman–Crippen MR) is 92.4 cm³/mol. The van der Waals surface area contributed by atoms with Crippen LogP contribution in [0.1, 0.15) is 18.9 Å². The van der Waals surface area contributed by atoms with Crippen molar-refractivity contribution in [2.24, 2.45) is 5.92 Å². The second-order valence-corrected chi connectivity index (χ2v) is 5.96. The van der Waals surface area contributed by atoms with Gasteiger partial charge < -0.3 is 15.0 Å². The van der Waals surface area contributed by atoms with E-state index in [-0.39, 0.29) is 11.5 Å². The van der Waals surface area contributed by atoms with E-state index in [0.29, 0.717) is 36.8 Å². The molecule has 0 saturated carbocycles. The molecular weight excluding hydrogens is 306 g/mol. The second kappa shape index (κ2) is 7.27. The molecule has 1 aromatic carbocycles. The first kappa shape index (κ1) is 16.2. The summed E-state index contributed by atoms with van der Waals surface area (Å²) in [5.74, 6) is 0.485.